The van der Waals surface area contributed by atoms with E-state index in [-0.39, 0.29) is 25.0 Å². The summed E-state index contributed by atoms with van der Waals surface area (Å²) in [6.45, 7) is 4.53. The number of hydrogen-bond acceptors (Lipinski definition) is 5. The highest BCUT2D eigenvalue weighted by atomic mass is 16.5. The van der Waals surface area contributed by atoms with Gasteiger partial charge in [0.05, 0.1) is 12.2 Å². The van der Waals surface area contributed by atoms with Crippen LogP contribution in [0.3, 0.4) is 0 Å². The zero-order chi connectivity index (χ0) is 21.4. The van der Waals surface area contributed by atoms with Gasteiger partial charge in [-0.05, 0) is 49.4 Å². The van der Waals surface area contributed by atoms with E-state index in [9.17, 15) is 19.2 Å². The van der Waals surface area contributed by atoms with Gasteiger partial charge in [-0.2, -0.15) is 0 Å². The van der Waals surface area contributed by atoms with Crippen molar-refractivity contribution in [1.82, 2.24) is 0 Å². The zero-order valence-electron chi connectivity index (χ0n) is 16.5. The number of rotatable bonds is 7. The SMILES string of the molecule is CCOC(=O)c1ccc(NC(=O)CN(C(C)=O)c2cccc(NC(C)=O)c2)cc1. The second-order valence-electron chi connectivity index (χ2n) is 6.18. The fourth-order valence-corrected chi connectivity index (χ4v) is 2.59. The average Bonchev–Trinajstić information content (AvgIpc) is 2.66. The van der Waals surface area contributed by atoms with Crippen molar-refractivity contribution in [3.63, 3.8) is 0 Å². The molecule has 29 heavy (non-hydrogen) atoms. The predicted molar refractivity (Wildman–Crippen MR) is 110 cm³/mol. The van der Waals surface area contributed by atoms with Crippen LogP contribution in [0, 0.1) is 0 Å². The van der Waals surface area contributed by atoms with Crippen LogP contribution in [0.5, 0.6) is 0 Å². The lowest BCUT2D eigenvalue weighted by molar-refractivity contribution is -0.120. The number of nitrogens with one attached hydrogen (secondary N) is 2. The molecule has 0 bridgehead atoms. The number of carbonyl (C=O) groups excluding carboxylic acids is 4. The minimum Gasteiger partial charge on any atom is -0.462 e. The van der Waals surface area contributed by atoms with E-state index in [1.54, 1.807) is 55.5 Å². The van der Waals surface area contributed by atoms with E-state index in [2.05, 4.69) is 10.6 Å². The van der Waals surface area contributed by atoms with Gasteiger partial charge in [-0.3, -0.25) is 14.4 Å². The second kappa shape index (κ2) is 10.0. The first-order valence-corrected chi connectivity index (χ1v) is 9.03. The molecule has 8 nitrogen and oxygen atoms in total. The molecule has 0 aliphatic heterocycles. The summed E-state index contributed by atoms with van der Waals surface area (Å²) < 4.78 is 4.91. The highest BCUT2D eigenvalue weighted by molar-refractivity contribution is 6.02. The summed E-state index contributed by atoms with van der Waals surface area (Å²) in [6, 6.07) is 12.9. The molecule has 2 N–H and O–H groups in total. The van der Waals surface area contributed by atoms with Crippen LogP contribution < -0.4 is 15.5 Å². The van der Waals surface area contributed by atoms with Crippen LogP contribution in [-0.2, 0) is 19.1 Å². The number of hydrogen-bond donors (Lipinski definition) is 2. The maximum atomic E-state index is 12.4. The maximum absolute atomic E-state index is 12.4. The minimum absolute atomic E-state index is 0.210. The van der Waals surface area contributed by atoms with Gasteiger partial charge in [0.2, 0.25) is 17.7 Å². The first-order valence-electron chi connectivity index (χ1n) is 9.03. The third-order valence-corrected chi connectivity index (χ3v) is 3.84. The smallest absolute Gasteiger partial charge is 0.338 e. The Morgan fingerprint density at radius 2 is 1.62 bits per heavy atom. The lowest BCUT2D eigenvalue weighted by atomic mass is 10.2. The van der Waals surface area contributed by atoms with Gasteiger partial charge in [0.1, 0.15) is 6.54 Å². The Labute approximate surface area is 168 Å². The van der Waals surface area contributed by atoms with Crippen molar-refractivity contribution in [3.8, 4) is 0 Å². The Bertz CT molecular complexity index is 909. The monoisotopic (exact) mass is 397 g/mol. The zero-order valence-corrected chi connectivity index (χ0v) is 16.5. The molecule has 0 atom stereocenters. The topological polar surface area (TPSA) is 105 Å². The van der Waals surface area contributed by atoms with E-state index in [1.807, 2.05) is 0 Å². The summed E-state index contributed by atoms with van der Waals surface area (Å²) >= 11 is 0. The van der Waals surface area contributed by atoms with Gasteiger partial charge in [-0.25, -0.2) is 4.79 Å². The fraction of sp³-hybridized carbons (Fsp3) is 0.238. The third-order valence-electron chi connectivity index (χ3n) is 3.84. The third kappa shape index (κ3) is 6.46. The first kappa shape index (κ1) is 21.6. The van der Waals surface area contributed by atoms with Gasteiger partial charge in [0.15, 0.2) is 0 Å². The molecular weight excluding hydrogens is 374 g/mol. The van der Waals surface area contributed by atoms with E-state index in [1.165, 1.54) is 18.7 Å². The van der Waals surface area contributed by atoms with E-state index in [4.69, 9.17) is 4.74 Å². The maximum Gasteiger partial charge on any atom is 0.338 e. The van der Waals surface area contributed by atoms with E-state index < -0.39 is 11.9 Å². The summed E-state index contributed by atoms with van der Waals surface area (Å²) in [5.41, 5.74) is 1.87. The van der Waals surface area contributed by atoms with Crippen LogP contribution in [0.4, 0.5) is 17.1 Å². The quantitative estimate of drug-likeness (QED) is 0.699. The van der Waals surface area contributed by atoms with Gasteiger partial charge in [0.25, 0.3) is 0 Å². The Morgan fingerprint density at radius 3 is 2.21 bits per heavy atom. The Balaban J connectivity index is 2.07. The van der Waals surface area contributed by atoms with Crippen LogP contribution in [0.1, 0.15) is 31.1 Å². The van der Waals surface area contributed by atoms with Gasteiger partial charge in [0, 0.05) is 30.9 Å². The molecule has 3 amide bonds. The van der Waals surface area contributed by atoms with Crippen LogP contribution >= 0.6 is 0 Å². The molecule has 0 spiro atoms. The van der Waals surface area contributed by atoms with E-state index in [0.29, 0.717) is 22.6 Å². The standard InChI is InChI=1S/C21H23N3O5/c1-4-29-21(28)16-8-10-17(11-9-16)23-20(27)13-24(15(3)26)19-7-5-6-18(12-19)22-14(2)25/h5-12H,4,13H2,1-3H3,(H,22,25)(H,23,27). The molecule has 0 saturated carbocycles. The molecule has 0 aromatic heterocycles. The highest BCUT2D eigenvalue weighted by Gasteiger charge is 2.17. The first-order chi connectivity index (χ1) is 13.8. The Morgan fingerprint density at radius 1 is 0.931 bits per heavy atom. The molecule has 2 aromatic rings. The average molecular weight is 397 g/mol. The number of nitrogens with zero attached hydrogens (tertiary/aromatic N) is 1. The minimum atomic E-state index is -0.438. The summed E-state index contributed by atoms with van der Waals surface area (Å²) in [5.74, 6) is -1.40. The van der Waals surface area contributed by atoms with Crippen molar-refractivity contribution in [2.75, 3.05) is 28.7 Å². The number of carbonyl (C=O) groups is 4. The predicted octanol–water partition coefficient (Wildman–Crippen LogP) is 2.81. The Hall–Kier alpha value is -3.68. The molecule has 0 fully saturated rings. The van der Waals surface area contributed by atoms with Crippen LogP contribution in [0.2, 0.25) is 0 Å². The van der Waals surface area contributed by atoms with Gasteiger partial charge >= 0.3 is 5.97 Å². The van der Waals surface area contributed by atoms with Crippen molar-refractivity contribution in [3.05, 3.63) is 54.1 Å². The van der Waals surface area contributed by atoms with E-state index >= 15 is 0 Å². The molecule has 0 aliphatic rings. The summed E-state index contributed by atoms with van der Waals surface area (Å²) in [7, 11) is 0. The summed E-state index contributed by atoms with van der Waals surface area (Å²) in [5, 5.41) is 5.33. The second-order valence-corrected chi connectivity index (χ2v) is 6.18. The van der Waals surface area contributed by atoms with Crippen LogP contribution in [0.15, 0.2) is 48.5 Å². The van der Waals surface area contributed by atoms with Gasteiger partial charge in [-0.15, -0.1) is 0 Å². The molecular formula is C21H23N3O5. The van der Waals surface area contributed by atoms with Crippen molar-refractivity contribution < 1.29 is 23.9 Å². The Kier molecular flexibility index (Phi) is 7.47. The lowest BCUT2D eigenvalue weighted by Gasteiger charge is -2.21. The number of esters is 1. The number of amides is 3. The number of benzene rings is 2. The highest BCUT2D eigenvalue weighted by Crippen LogP contribution is 2.20. The molecule has 0 saturated heterocycles. The number of ether oxygens (including phenoxy) is 1. The summed E-state index contributed by atoms with van der Waals surface area (Å²) in [4.78, 5) is 48.7. The molecule has 2 rings (SSSR count). The van der Waals surface area contributed by atoms with Crippen molar-refractivity contribution in [2.24, 2.45) is 0 Å². The molecule has 0 heterocycles. The number of anilines is 3. The fourth-order valence-electron chi connectivity index (χ4n) is 2.59. The van der Waals surface area contributed by atoms with Crippen LogP contribution in [0.25, 0.3) is 0 Å². The van der Waals surface area contributed by atoms with Crippen LogP contribution in [-0.4, -0.2) is 36.8 Å². The largest absolute Gasteiger partial charge is 0.462 e. The van der Waals surface area contributed by atoms with Gasteiger partial charge in [-0.1, -0.05) is 6.07 Å². The van der Waals surface area contributed by atoms with Gasteiger partial charge < -0.3 is 20.3 Å². The van der Waals surface area contributed by atoms with Crippen molar-refractivity contribution in [2.45, 2.75) is 20.8 Å². The van der Waals surface area contributed by atoms with E-state index in [0.717, 1.165) is 0 Å². The molecule has 0 radical (unpaired) electrons. The van der Waals surface area contributed by atoms with Crippen molar-refractivity contribution in [1.29, 1.82) is 0 Å². The van der Waals surface area contributed by atoms with Crippen molar-refractivity contribution >= 4 is 40.8 Å². The summed E-state index contributed by atoms with van der Waals surface area (Å²) in [6.07, 6.45) is 0. The molecule has 0 unspecified atom stereocenters. The molecule has 152 valence electrons. The molecule has 2 aromatic carbocycles. The normalized spacial score (nSPS) is 10.0. The molecule has 8 heteroatoms. The lowest BCUT2D eigenvalue weighted by Crippen LogP contribution is -2.36. The molecule has 0 aliphatic carbocycles.